The Balaban J connectivity index is 2.32. The Morgan fingerprint density at radius 2 is 1.52 bits per heavy atom. The molecule has 0 unspecified atom stereocenters. The standard InChI is InChI=1S/C22H22N2O/c1-22(2,3)19-11-9-16(10-12-19)20(18(14-23)15-24)13-21(25)17-7-5-4-6-8-17/h4-12,18,20H,13H2,1-3H3/t20-/m0/s1. The van der Waals surface area contributed by atoms with Crippen molar-refractivity contribution in [3.8, 4) is 12.1 Å². The number of nitriles is 2. The molecule has 126 valence electrons. The zero-order chi connectivity index (χ0) is 18.4. The summed E-state index contributed by atoms with van der Waals surface area (Å²) in [6.45, 7) is 6.39. The molecular weight excluding hydrogens is 308 g/mol. The van der Waals surface area contributed by atoms with Crippen LogP contribution in [0.2, 0.25) is 0 Å². The predicted molar refractivity (Wildman–Crippen MR) is 98.0 cm³/mol. The summed E-state index contributed by atoms with van der Waals surface area (Å²) in [5.74, 6) is -1.34. The highest BCUT2D eigenvalue weighted by Crippen LogP contribution is 2.31. The Labute approximate surface area is 149 Å². The lowest BCUT2D eigenvalue weighted by Gasteiger charge is -2.22. The van der Waals surface area contributed by atoms with E-state index in [1.54, 1.807) is 12.1 Å². The second-order valence-electron chi connectivity index (χ2n) is 7.21. The first kappa shape index (κ1) is 18.4. The number of hydrogen-bond acceptors (Lipinski definition) is 3. The molecule has 0 aromatic heterocycles. The van der Waals surface area contributed by atoms with Gasteiger partial charge in [0.1, 0.15) is 5.92 Å². The smallest absolute Gasteiger partial charge is 0.163 e. The molecule has 0 amide bonds. The van der Waals surface area contributed by atoms with Gasteiger partial charge in [0.05, 0.1) is 12.1 Å². The Morgan fingerprint density at radius 3 is 2.00 bits per heavy atom. The number of ketones is 1. The van der Waals surface area contributed by atoms with Gasteiger partial charge in [0.25, 0.3) is 0 Å². The molecule has 0 bridgehead atoms. The number of benzene rings is 2. The Bertz CT molecular complexity index is 788. The average molecular weight is 330 g/mol. The molecule has 2 aromatic carbocycles. The van der Waals surface area contributed by atoms with E-state index < -0.39 is 11.8 Å². The number of hydrogen-bond donors (Lipinski definition) is 0. The van der Waals surface area contributed by atoms with E-state index in [9.17, 15) is 15.3 Å². The third-order valence-electron chi connectivity index (χ3n) is 4.39. The number of Topliss-reactive ketones (excluding diaryl/α,β-unsaturated/α-hetero) is 1. The van der Waals surface area contributed by atoms with E-state index in [2.05, 4.69) is 20.8 Å². The summed E-state index contributed by atoms with van der Waals surface area (Å²) in [4.78, 5) is 12.6. The molecule has 0 fully saturated rings. The third-order valence-corrected chi connectivity index (χ3v) is 4.39. The van der Waals surface area contributed by atoms with Gasteiger partial charge in [-0.1, -0.05) is 75.4 Å². The maximum Gasteiger partial charge on any atom is 0.163 e. The van der Waals surface area contributed by atoms with Crippen molar-refractivity contribution in [3.63, 3.8) is 0 Å². The van der Waals surface area contributed by atoms with E-state index in [1.807, 2.05) is 54.6 Å². The van der Waals surface area contributed by atoms with Crippen molar-refractivity contribution in [1.82, 2.24) is 0 Å². The van der Waals surface area contributed by atoms with Crippen LogP contribution in [-0.4, -0.2) is 5.78 Å². The highest BCUT2D eigenvalue weighted by Gasteiger charge is 2.26. The van der Waals surface area contributed by atoms with Gasteiger partial charge in [-0.25, -0.2) is 0 Å². The number of carbonyl (C=O) groups excluding carboxylic acids is 1. The quantitative estimate of drug-likeness (QED) is 0.724. The van der Waals surface area contributed by atoms with E-state index in [-0.39, 0.29) is 17.6 Å². The zero-order valence-corrected chi connectivity index (χ0v) is 14.9. The summed E-state index contributed by atoms with van der Waals surface area (Å²) in [6.07, 6.45) is 0.144. The van der Waals surface area contributed by atoms with E-state index in [1.165, 1.54) is 5.56 Å². The van der Waals surface area contributed by atoms with Gasteiger partial charge in [0.15, 0.2) is 5.78 Å². The van der Waals surface area contributed by atoms with Crippen LogP contribution in [0.25, 0.3) is 0 Å². The van der Waals surface area contributed by atoms with Crippen molar-refractivity contribution < 1.29 is 4.79 Å². The Morgan fingerprint density at radius 1 is 0.960 bits per heavy atom. The molecule has 2 rings (SSSR count). The van der Waals surface area contributed by atoms with E-state index in [0.717, 1.165) is 5.56 Å². The summed E-state index contributed by atoms with van der Waals surface area (Å²) in [6, 6.07) is 21.0. The minimum atomic E-state index is -0.854. The summed E-state index contributed by atoms with van der Waals surface area (Å²) < 4.78 is 0. The molecule has 0 aliphatic rings. The van der Waals surface area contributed by atoms with E-state index in [4.69, 9.17) is 0 Å². The highest BCUT2D eigenvalue weighted by molar-refractivity contribution is 5.96. The molecule has 3 nitrogen and oxygen atoms in total. The fourth-order valence-corrected chi connectivity index (χ4v) is 2.81. The van der Waals surface area contributed by atoms with Crippen LogP contribution in [0.1, 0.15) is 54.6 Å². The first-order valence-corrected chi connectivity index (χ1v) is 8.34. The molecule has 1 atom stereocenters. The van der Waals surface area contributed by atoms with Crippen molar-refractivity contribution in [1.29, 1.82) is 10.5 Å². The fraction of sp³-hybridized carbons (Fsp3) is 0.318. The second kappa shape index (κ2) is 7.77. The van der Waals surface area contributed by atoms with Crippen LogP contribution >= 0.6 is 0 Å². The van der Waals surface area contributed by atoms with Crippen molar-refractivity contribution in [2.24, 2.45) is 5.92 Å². The van der Waals surface area contributed by atoms with Gasteiger partial charge >= 0.3 is 0 Å². The van der Waals surface area contributed by atoms with Crippen molar-refractivity contribution in [3.05, 3.63) is 71.3 Å². The van der Waals surface area contributed by atoms with E-state index >= 15 is 0 Å². The van der Waals surface area contributed by atoms with E-state index in [0.29, 0.717) is 5.56 Å². The van der Waals surface area contributed by atoms with Crippen LogP contribution in [0.15, 0.2) is 54.6 Å². The zero-order valence-electron chi connectivity index (χ0n) is 14.9. The molecule has 0 N–H and O–H groups in total. The molecular formula is C22H22N2O. The van der Waals surface area contributed by atoms with Gasteiger partial charge in [-0.3, -0.25) is 4.79 Å². The molecule has 0 aliphatic carbocycles. The lowest BCUT2D eigenvalue weighted by molar-refractivity contribution is 0.0971. The minimum absolute atomic E-state index is 0.0255. The molecule has 0 heterocycles. The van der Waals surface area contributed by atoms with Crippen LogP contribution in [0.3, 0.4) is 0 Å². The van der Waals surface area contributed by atoms with Crippen molar-refractivity contribution in [2.45, 2.75) is 38.5 Å². The van der Waals surface area contributed by atoms with Gasteiger partial charge in [-0.2, -0.15) is 10.5 Å². The molecule has 0 spiro atoms. The molecule has 0 aliphatic heterocycles. The maximum atomic E-state index is 12.6. The monoisotopic (exact) mass is 330 g/mol. The summed E-state index contributed by atoms with van der Waals surface area (Å²) in [5, 5.41) is 18.7. The molecule has 3 heteroatoms. The van der Waals surface area contributed by atoms with Gasteiger partial charge in [0.2, 0.25) is 0 Å². The van der Waals surface area contributed by atoms with Crippen molar-refractivity contribution >= 4 is 5.78 Å². The van der Waals surface area contributed by atoms with Crippen LogP contribution in [-0.2, 0) is 5.41 Å². The minimum Gasteiger partial charge on any atom is -0.294 e. The lowest BCUT2D eigenvalue weighted by Crippen LogP contribution is -2.16. The molecule has 0 saturated carbocycles. The van der Waals surface area contributed by atoms with Gasteiger partial charge in [-0.05, 0) is 16.5 Å². The van der Waals surface area contributed by atoms with Gasteiger partial charge in [-0.15, -0.1) is 0 Å². The second-order valence-corrected chi connectivity index (χ2v) is 7.21. The van der Waals surface area contributed by atoms with Gasteiger partial charge < -0.3 is 0 Å². The van der Waals surface area contributed by atoms with Crippen LogP contribution in [0.5, 0.6) is 0 Å². The van der Waals surface area contributed by atoms with Crippen molar-refractivity contribution in [2.75, 3.05) is 0 Å². The number of carbonyl (C=O) groups is 1. The van der Waals surface area contributed by atoms with Crippen LogP contribution < -0.4 is 0 Å². The Kier molecular flexibility index (Phi) is 5.73. The molecule has 0 radical (unpaired) electrons. The molecule has 25 heavy (non-hydrogen) atoms. The predicted octanol–water partition coefficient (Wildman–Crippen LogP) is 5.00. The van der Waals surface area contributed by atoms with Crippen LogP contribution in [0.4, 0.5) is 0 Å². The van der Waals surface area contributed by atoms with Crippen LogP contribution in [0, 0.1) is 28.6 Å². The highest BCUT2D eigenvalue weighted by atomic mass is 16.1. The third kappa shape index (κ3) is 4.55. The first-order valence-electron chi connectivity index (χ1n) is 8.34. The topological polar surface area (TPSA) is 64.7 Å². The normalized spacial score (nSPS) is 12.2. The average Bonchev–Trinajstić information content (AvgIpc) is 2.62. The fourth-order valence-electron chi connectivity index (χ4n) is 2.81. The molecule has 0 saturated heterocycles. The summed E-state index contributed by atoms with van der Waals surface area (Å²) >= 11 is 0. The Hall–Kier alpha value is -2.91. The number of rotatable bonds is 5. The first-order chi connectivity index (χ1) is 11.9. The summed E-state index contributed by atoms with van der Waals surface area (Å²) in [7, 11) is 0. The van der Waals surface area contributed by atoms with Gasteiger partial charge in [0, 0.05) is 17.9 Å². The molecule has 2 aromatic rings. The largest absolute Gasteiger partial charge is 0.294 e. The SMILES string of the molecule is CC(C)(C)c1ccc([C@H](CC(=O)c2ccccc2)C(C#N)C#N)cc1. The maximum absolute atomic E-state index is 12.6. The number of nitrogens with zero attached hydrogens (tertiary/aromatic N) is 2. The summed E-state index contributed by atoms with van der Waals surface area (Å²) in [5.41, 5.74) is 2.66. The lowest BCUT2D eigenvalue weighted by atomic mass is 9.80.